The van der Waals surface area contributed by atoms with Gasteiger partial charge in [0.2, 0.25) is 5.91 Å². The molecule has 0 radical (unpaired) electrons. The molecule has 4 saturated carbocycles. The number of carbonyl (C=O) groups is 1. The maximum absolute atomic E-state index is 12.0. The number of fused-ring (bicyclic) bond motifs is 5. The summed E-state index contributed by atoms with van der Waals surface area (Å²) in [5.41, 5.74) is 0.235. The van der Waals surface area contributed by atoms with E-state index in [9.17, 15) is 15.0 Å². The second-order valence-corrected chi connectivity index (χ2v) is 12.0. The fourth-order valence-electron chi connectivity index (χ4n) is 9.00. The number of hydrogen-bond acceptors (Lipinski definition) is 4. The van der Waals surface area contributed by atoms with Gasteiger partial charge in [-0.3, -0.25) is 4.79 Å². The lowest BCUT2D eigenvalue weighted by molar-refractivity contribution is -0.174. The van der Waals surface area contributed by atoms with Gasteiger partial charge >= 0.3 is 0 Å². The van der Waals surface area contributed by atoms with Crippen LogP contribution in [0.25, 0.3) is 0 Å². The van der Waals surface area contributed by atoms with Gasteiger partial charge in [-0.15, -0.1) is 0 Å². The second-order valence-electron chi connectivity index (χ2n) is 12.0. The summed E-state index contributed by atoms with van der Waals surface area (Å²) in [5.74, 6) is 3.40. The minimum absolute atomic E-state index is 0.0167. The van der Waals surface area contributed by atoms with E-state index in [1.807, 2.05) is 0 Å². The molecule has 0 heterocycles. The zero-order valence-electron chi connectivity index (χ0n) is 19.9. The topological polar surface area (TPSA) is 89.8 Å². The number of aliphatic hydroxyl groups excluding tert-OH is 3. The molecule has 0 aromatic heterocycles. The van der Waals surface area contributed by atoms with Crippen molar-refractivity contribution in [3.05, 3.63) is 0 Å². The summed E-state index contributed by atoms with van der Waals surface area (Å²) in [6.07, 6.45) is 9.74. The van der Waals surface area contributed by atoms with Crippen molar-refractivity contribution < 1.29 is 20.1 Å². The van der Waals surface area contributed by atoms with Gasteiger partial charge in [-0.2, -0.15) is 0 Å². The van der Waals surface area contributed by atoms with Crippen molar-refractivity contribution in [3.8, 4) is 0 Å². The molecule has 5 heteroatoms. The fourth-order valence-corrected chi connectivity index (χ4v) is 9.00. The molecule has 0 aliphatic heterocycles. The standard InChI is InChI=1S/C26H45NO4/c1-16(4-9-24(31)27-12-13-28)20-7-8-21-19-6-5-17-14-18(29)10-11-25(17,2)22(19)15-23(30)26(20,21)3/h16-23,28-30H,4-15H2,1-3H3,(H,27,31). The molecule has 4 aliphatic rings. The van der Waals surface area contributed by atoms with E-state index in [4.69, 9.17) is 5.11 Å². The van der Waals surface area contributed by atoms with Crippen LogP contribution in [0.1, 0.15) is 85.0 Å². The van der Waals surface area contributed by atoms with Gasteiger partial charge < -0.3 is 20.6 Å². The largest absolute Gasteiger partial charge is 0.395 e. The average molecular weight is 436 g/mol. The molecule has 0 spiro atoms. The first-order chi connectivity index (χ1) is 14.7. The molecule has 0 saturated heterocycles. The molecule has 10 atom stereocenters. The van der Waals surface area contributed by atoms with E-state index in [0.717, 1.165) is 32.1 Å². The third-order valence-electron chi connectivity index (χ3n) is 10.8. The summed E-state index contributed by atoms with van der Waals surface area (Å²) >= 11 is 0. The molecule has 178 valence electrons. The monoisotopic (exact) mass is 435 g/mol. The van der Waals surface area contributed by atoms with E-state index in [1.54, 1.807) is 0 Å². The number of nitrogens with one attached hydrogen (secondary N) is 1. The number of amides is 1. The Bertz CT molecular complexity index is 655. The normalized spacial score (nSPS) is 47.7. The molecule has 4 rings (SSSR count). The summed E-state index contributed by atoms with van der Waals surface area (Å²) in [6.45, 7) is 7.41. The Kier molecular flexibility index (Phi) is 6.78. The fraction of sp³-hybridized carbons (Fsp3) is 0.962. The van der Waals surface area contributed by atoms with Crippen LogP contribution in [-0.2, 0) is 4.79 Å². The third-order valence-corrected chi connectivity index (χ3v) is 10.8. The number of rotatable bonds is 6. The molecule has 10 unspecified atom stereocenters. The number of carbonyl (C=O) groups excluding carboxylic acids is 1. The lowest BCUT2D eigenvalue weighted by Crippen LogP contribution is -2.58. The SMILES string of the molecule is CC(CCC(=O)NCCO)C1CCC2C3CCC4CC(O)CCC4(C)C3CC(O)C12C. The Morgan fingerprint density at radius 1 is 1.06 bits per heavy atom. The Hall–Kier alpha value is -0.650. The van der Waals surface area contributed by atoms with Crippen LogP contribution in [0.5, 0.6) is 0 Å². The highest BCUT2D eigenvalue weighted by molar-refractivity contribution is 5.75. The van der Waals surface area contributed by atoms with E-state index in [-0.39, 0.29) is 35.6 Å². The van der Waals surface area contributed by atoms with Crippen LogP contribution in [0.2, 0.25) is 0 Å². The van der Waals surface area contributed by atoms with Crippen LogP contribution in [0, 0.1) is 46.3 Å². The van der Waals surface area contributed by atoms with Gasteiger partial charge in [-0.25, -0.2) is 0 Å². The minimum Gasteiger partial charge on any atom is -0.395 e. The van der Waals surface area contributed by atoms with Gasteiger partial charge in [0.25, 0.3) is 0 Å². The van der Waals surface area contributed by atoms with Gasteiger partial charge in [0.05, 0.1) is 18.8 Å². The predicted octanol–water partition coefficient (Wildman–Crippen LogP) is 3.50. The smallest absolute Gasteiger partial charge is 0.220 e. The van der Waals surface area contributed by atoms with Gasteiger partial charge in [-0.1, -0.05) is 20.8 Å². The summed E-state index contributed by atoms with van der Waals surface area (Å²) < 4.78 is 0. The third kappa shape index (κ3) is 3.97. The lowest BCUT2D eigenvalue weighted by atomic mass is 9.43. The van der Waals surface area contributed by atoms with Crippen LogP contribution >= 0.6 is 0 Å². The molecule has 4 aliphatic carbocycles. The van der Waals surface area contributed by atoms with E-state index >= 15 is 0 Å². The van der Waals surface area contributed by atoms with Gasteiger partial charge in [-0.05, 0) is 104 Å². The first-order valence-electron chi connectivity index (χ1n) is 13.0. The van der Waals surface area contributed by atoms with E-state index in [1.165, 1.54) is 25.7 Å². The van der Waals surface area contributed by atoms with Gasteiger partial charge in [0, 0.05) is 13.0 Å². The summed E-state index contributed by atoms with van der Waals surface area (Å²) in [6, 6.07) is 0. The average Bonchev–Trinajstić information content (AvgIpc) is 3.10. The minimum atomic E-state index is -0.264. The highest BCUT2D eigenvalue weighted by atomic mass is 16.3. The zero-order valence-corrected chi connectivity index (χ0v) is 19.9. The molecule has 0 aromatic carbocycles. The van der Waals surface area contributed by atoms with Crippen LogP contribution in [0.15, 0.2) is 0 Å². The Balaban J connectivity index is 1.47. The number of aliphatic hydroxyl groups is 3. The summed E-state index contributed by atoms with van der Waals surface area (Å²) in [5, 5.41) is 33.5. The van der Waals surface area contributed by atoms with Crippen molar-refractivity contribution in [3.63, 3.8) is 0 Å². The molecule has 4 N–H and O–H groups in total. The highest BCUT2D eigenvalue weighted by Gasteiger charge is 2.63. The van der Waals surface area contributed by atoms with Crippen molar-refractivity contribution in [1.29, 1.82) is 0 Å². The zero-order chi connectivity index (χ0) is 22.4. The second kappa shape index (κ2) is 8.95. The molecule has 0 aromatic rings. The van der Waals surface area contributed by atoms with Crippen molar-refractivity contribution in [2.45, 2.75) is 97.2 Å². The van der Waals surface area contributed by atoms with E-state index in [0.29, 0.717) is 48.5 Å². The van der Waals surface area contributed by atoms with Crippen molar-refractivity contribution >= 4 is 5.91 Å². The molecule has 1 amide bonds. The van der Waals surface area contributed by atoms with Crippen molar-refractivity contribution in [1.82, 2.24) is 5.32 Å². The molecule has 31 heavy (non-hydrogen) atoms. The maximum Gasteiger partial charge on any atom is 0.220 e. The molecule has 4 fully saturated rings. The Morgan fingerprint density at radius 3 is 2.58 bits per heavy atom. The van der Waals surface area contributed by atoms with Gasteiger partial charge in [0.15, 0.2) is 0 Å². The maximum atomic E-state index is 12.0. The van der Waals surface area contributed by atoms with Crippen LogP contribution in [0.3, 0.4) is 0 Å². The Labute approximate surface area is 188 Å². The van der Waals surface area contributed by atoms with E-state index < -0.39 is 0 Å². The lowest BCUT2D eigenvalue weighted by Gasteiger charge is -2.62. The molecule has 5 nitrogen and oxygen atoms in total. The molecule has 0 bridgehead atoms. The van der Waals surface area contributed by atoms with Crippen molar-refractivity contribution in [2.24, 2.45) is 46.3 Å². The summed E-state index contributed by atoms with van der Waals surface area (Å²) in [7, 11) is 0. The molecular formula is C26H45NO4. The van der Waals surface area contributed by atoms with Gasteiger partial charge in [0.1, 0.15) is 0 Å². The first-order valence-corrected chi connectivity index (χ1v) is 13.0. The van der Waals surface area contributed by atoms with Crippen LogP contribution in [-0.4, -0.2) is 46.6 Å². The van der Waals surface area contributed by atoms with Crippen molar-refractivity contribution in [2.75, 3.05) is 13.2 Å². The van der Waals surface area contributed by atoms with E-state index in [2.05, 4.69) is 26.1 Å². The van der Waals surface area contributed by atoms with Crippen LogP contribution < -0.4 is 5.32 Å². The first kappa shape index (κ1) is 23.5. The van der Waals surface area contributed by atoms with Crippen LogP contribution in [0.4, 0.5) is 0 Å². The molecular weight excluding hydrogens is 390 g/mol. The quantitative estimate of drug-likeness (QED) is 0.514. The number of hydrogen-bond donors (Lipinski definition) is 4. The summed E-state index contributed by atoms with van der Waals surface area (Å²) in [4.78, 5) is 12.0. The Morgan fingerprint density at radius 2 is 1.84 bits per heavy atom. The highest BCUT2D eigenvalue weighted by Crippen LogP contribution is 2.68. The predicted molar refractivity (Wildman–Crippen MR) is 121 cm³/mol.